The Labute approximate surface area is 250 Å². The van der Waals surface area contributed by atoms with Gasteiger partial charge in [0.05, 0.1) is 11.0 Å². The maximum absolute atomic E-state index is 2.43. The van der Waals surface area contributed by atoms with Gasteiger partial charge in [0.15, 0.2) is 0 Å². The molecule has 0 amide bonds. The molecule has 43 heavy (non-hydrogen) atoms. The van der Waals surface area contributed by atoms with Crippen LogP contribution in [0.25, 0.3) is 81.7 Å². The Morgan fingerprint density at radius 1 is 0.372 bits per heavy atom. The number of rotatable bonds is 2. The van der Waals surface area contributed by atoms with Gasteiger partial charge in [-0.15, -0.1) is 0 Å². The molecule has 0 aliphatic heterocycles. The largest absolute Gasteiger partial charge is 0.309 e. The molecule has 0 saturated carbocycles. The SMILES string of the molecule is Cc1ccc2c3ccc(C)cc3c3cc4c(-c5ccc(-n6c7ccccc7c7ccccc76)cc5)cccc4cc3c2c1. The lowest BCUT2D eigenvalue weighted by Gasteiger charge is -2.15. The fraction of sp³-hybridized carbons (Fsp3) is 0.0476. The topological polar surface area (TPSA) is 4.93 Å². The van der Waals surface area contributed by atoms with E-state index in [2.05, 4.69) is 158 Å². The van der Waals surface area contributed by atoms with Crippen LogP contribution in [0.2, 0.25) is 0 Å². The first-order chi connectivity index (χ1) is 21.1. The average molecular weight is 548 g/mol. The van der Waals surface area contributed by atoms with Crippen LogP contribution in [0.1, 0.15) is 11.1 Å². The van der Waals surface area contributed by atoms with Gasteiger partial charge in [0.2, 0.25) is 0 Å². The van der Waals surface area contributed by atoms with Crippen LogP contribution in [-0.2, 0) is 0 Å². The van der Waals surface area contributed by atoms with Crippen molar-refractivity contribution < 1.29 is 0 Å². The number of para-hydroxylation sites is 2. The summed E-state index contributed by atoms with van der Waals surface area (Å²) in [5.41, 5.74) is 8.71. The zero-order valence-electron chi connectivity index (χ0n) is 24.2. The van der Waals surface area contributed by atoms with Crippen molar-refractivity contribution in [2.24, 2.45) is 0 Å². The Balaban J connectivity index is 1.27. The molecule has 9 rings (SSSR count). The van der Waals surface area contributed by atoms with E-state index in [1.807, 2.05) is 0 Å². The molecule has 1 aromatic heterocycles. The second-order valence-electron chi connectivity index (χ2n) is 11.9. The summed E-state index contributed by atoms with van der Waals surface area (Å²) in [7, 11) is 0. The fourth-order valence-electron chi connectivity index (χ4n) is 7.25. The molecular formula is C42H29N. The minimum absolute atomic E-state index is 1.18. The van der Waals surface area contributed by atoms with Gasteiger partial charge in [-0.2, -0.15) is 0 Å². The van der Waals surface area contributed by atoms with Crippen LogP contribution in [0, 0.1) is 13.8 Å². The summed E-state index contributed by atoms with van der Waals surface area (Å²) in [4.78, 5) is 0. The first-order valence-electron chi connectivity index (χ1n) is 15.0. The van der Waals surface area contributed by atoms with E-state index in [0.717, 1.165) is 0 Å². The molecule has 1 heteroatoms. The first-order valence-corrected chi connectivity index (χ1v) is 15.0. The van der Waals surface area contributed by atoms with Gasteiger partial charge >= 0.3 is 0 Å². The van der Waals surface area contributed by atoms with Gasteiger partial charge in [-0.3, -0.25) is 0 Å². The number of fused-ring (bicyclic) bond motifs is 10. The van der Waals surface area contributed by atoms with Crippen LogP contribution in [0.5, 0.6) is 0 Å². The molecule has 0 aliphatic carbocycles. The van der Waals surface area contributed by atoms with Crippen molar-refractivity contribution in [2.45, 2.75) is 13.8 Å². The molecule has 1 heterocycles. The molecule has 0 saturated heterocycles. The molecule has 1 nitrogen and oxygen atoms in total. The van der Waals surface area contributed by atoms with Crippen LogP contribution >= 0.6 is 0 Å². The van der Waals surface area contributed by atoms with Gasteiger partial charge in [0.25, 0.3) is 0 Å². The standard InChI is InChI=1S/C42H29N/c1-26-14-20-32-33-21-15-27(2)23-38(33)40-25-36-29(24-39(40)37(32)22-26)8-7-11-31(36)28-16-18-30(19-17-28)43-41-12-5-3-9-34(41)35-10-4-6-13-42(35)43/h3-25H,1-2H3. The van der Waals surface area contributed by atoms with E-state index >= 15 is 0 Å². The quantitative estimate of drug-likeness (QED) is 0.150. The smallest absolute Gasteiger partial charge is 0.0541 e. The van der Waals surface area contributed by atoms with Crippen molar-refractivity contribution in [3.63, 3.8) is 0 Å². The lowest BCUT2D eigenvalue weighted by atomic mass is 9.89. The Bertz CT molecular complexity index is 2510. The van der Waals surface area contributed by atoms with E-state index in [9.17, 15) is 0 Å². The van der Waals surface area contributed by atoms with Crippen LogP contribution in [0.4, 0.5) is 0 Å². The van der Waals surface area contributed by atoms with E-state index in [0.29, 0.717) is 0 Å². The zero-order chi connectivity index (χ0) is 28.7. The maximum Gasteiger partial charge on any atom is 0.0541 e. The minimum Gasteiger partial charge on any atom is -0.309 e. The molecule has 0 aliphatic rings. The van der Waals surface area contributed by atoms with Gasteiger partial charge in [0.1, 0.15) is 0 Å². The first kappa shape index (κ1) is 24.2. The summed E-state index contributed by atoms with van der Waals surface area (Å²) in [6, 6.07) is 51.8. The van der Waals surface area contributed by atoms with Crippen LogP contribution in [0.15, 0.2) is 140 Å². The highest BCUT2D eigenvalue weighted by Crippen LogP contribution is 2.40. The third-order valence-corrected chi connectivity index (χ3v) is 9.26. The Morgan fingerprint density at radius 2 is 0.930 bits per heavy atom. The van der Waals surface area contributed by atoms with Crippen LogP contribution < -0.4 is 0 Å². The monoisotopic (exact) mass is 547 g/mol. The van der Waals surface area contributed by atoms with Crippen molar-refractivity contribution in [1.82, 2.24) is 4.57 Å². The third kappa shape index (κ3) is 3.58. The van der Waals surface area contributed by atoms with E-state index in [-0.39, 0.29) is 0 Å². The van der Waals surface area contributed by atoms with Gasteiger partial charge in [0, 0.05) is 16.5 Å². The highest BCUT2D eigenvalue weighted by Gasteiger charge is 2.14. The number of aromatic nitrogens is 1. The summed E-state index contributed by atoms with van der Waals surface area (Å²) in [5.74, 6) is 0. The molecule has 0 radical (unpaired) electrons. The zero-order valence-corrected chi connectivity index (χ0v) is 24.2. The van der Waals surface area contributed by atoms with Crippen molar-refractivity contribution in [3.05, 3.63) is 151 Å². The van der Waals surface area contributed by atoms with Gasteiger partial charge in [-0.05, 0) is 104 Å². The predicted molar refractivity (Wildman–Crippen MR) is 186 cm³/mol. The molecule has 0 N–H and O–H groups in total. The van der Waals surface area contributed by atoms with E-state index < -0.39 is 0 Å². The fourth-order valence-corrected chi connectivity index (χ4v) is 7.25. The van der Waals surface area contributed by atoms with E-state index in [4.69, 9.17) is 0 Å². The molecule has 0 unspecified atom stereocenters. The normalized spacial score (nSPS) is 12.0. The summed E-state index contributed by atoms with van der Waals surface area (Å²) in [6.07, 6.45) is 0. The summed E-state index contributed by atoms with van der Waals surface area (Å²) in [5, 5.41) is 13.1. The Morgan fingerprint density at radius 3 is 1.56 bits per heavy atom. The molecule has 9 aromatic rings. The number of benzene rings is 8. The minimum atomic E-state index is 1.18. The van der Waals surface area contributed by atoms with Gasteiger partial charge < -0.3 is 4.57 Å². The molecular weight excluding hydrogens is 518 g/mol. The lowest BCUT2D eigenvalue weighted by Crippen LogP contribution is -1.93. The predicted octanol–water partition coefficient (Wildman–Crippen LogP) is 11.7. The van der Waals surface area contributed by atoms with Crippen molar-refractivity contribution in [1.29, 1.82) is 0 Å². The molecule has 0 fully saturated rings. The van der Waals surface area contributed by atoms with Crippen molar-refractivity contribution in [2.75, 3.05) is 0 Å². The second kappa shape index (κ2) is 9.05. The third-order valence-electron chi connectivity index (χ3n) is 9.26. The second-order valence-corrected chi connectivity index (χ2v) is 11.9. The van der Waals surface area contributed by atoms with Crippen molar-refractivity contribution in [3.8, 4) is 16.8 Å². The molecule has 8 aromatic carbocycles. The average Bonchev–Trinajstić information content (AvgIpc) is 3.38. The molecule has 0 atom stereocenters. The Hall–Kier alpha value is -5.40. The summed E-state index contributed by atoms with van der Waals surface area (Å²) < 4.78 is 2.38. The number of nitrogens with zero attached hydrogens (tertiary/aromatic N) is 1. The van der Waals surface area contributed by atoms with Crippen molar-refractivity contribution >= 4 is 64.9 Å². The van der Waals surface area contributed by atoms with Crippen LogP contribution in [0.3, 0.4) is 0 Å². The summed E-state index contributed by atoms with van der Waals surface area (Å²) in [6.45, 7) is 4.38. The number of hydrogen-bond acceptors (Lipinski definition) is 0. The molecule has 0 bridgehead atoms. The van der Waals surface area contributed by atoms with E-state index in [1.54, 1.807) is 0 Å². The highest BCUT2D eigenvalue weighted by molar-refractivity contribution is 6.28. The highest BCUT2D eigenvalue weighted by atomic mass is 15.0. The van der Waals surface area contributed by atoms with E-state index in [1.165, 1.54) is 92.8 Å². The molecule has 0 spiro atoms. The summed E-state index contributed by atoms with van der Waals surface area (Å²) >= 11 is 0. The van der Waals surface area contributed by atoms with Gasteiger partial charge in [-0.1, -0.05) is 114 Å². The van der Waals surface area contributed by atoms with Crippen LogP contribution in [-0.4, -0.2) is 4.57 Å². The number of hydrogen-bond donors (Lipinski definition) is 0. The Kier molecular flexibility index (Phi) is 5.10. The number of aryl methyl sites for hydroxylation is 2. The molecule has 202 valence electrons. The lowest BCUT2D eigenvalue weighted by molar-refractivity contribution is 1.18. The van der Waals surface area contributed by atoms with Gasteiger partial charge in [-0.25, -0.2) is 0 Å². The maximum atomic E-state index is 2.43.